The van der Waals surface area contributed by atoms with Crippen LogP contribution in [0.2, 0.25) is 0 Å². The molecule has 0 fully saturated rings. The number of Topliss-reactive ketones (excluding diaryl/α,β-unsaturated/α-hetero) is 2. The van der Waals surface area contributed by atoms with Gasteiger partial charge in [-0.25, -0.2) is 0 Å². The van der Waals surface area contributed by atoms with Crippen LogP contribution in [-0.4, -0.2) is 28.6 Å². The number of carbonyl (C=O) groups excluding carboxylic acids is 2. The van der Waals surface area contributed by atoms with Gasteiger partial charge in [-0.05, 0) is 31.2 Å². The van der Waals surface area contributed by atoms with E-state index in [1.54, 1.807) is 7.11 Å². The number of halogens is 2. The van der Waals surface area contributed by atoms with Crippen molar-refractivity contribution in [2.24, 2.45) is 0 Å². The van der Waals surface area contributed by atoms with Gasteiger partial charge in [-0.15, -0.1) is 0 Å². The molecule has 5 nitrogen and oxygen atoms in total. The highest BCUT2D eigenvalue weighted by atomic mass is 35.5. The van der Waals surface area contributed by atoms with E-state index in [1.165, 1.54) is 0 Å². The highest BCUT2D eigenvalue weighted by Gasteiger charge is 2.39. The predicted octanol–water partition coefficient (Wildman–Crippen LogP) is 7.02. The van der Waals surface area contributed by atoms with Crippen molar-refractivity contribution in [3.8, 4) is 5.75 Å². The molecule has 0 aliphatic heterocycles. The van der Waals surface area contributed by atoms with Crippen molar-refractivity contribution in [3.05, 3.63) is 75.0 Å². The van der Waals surface area contributed by atoms with Gasteiger partial charge in [-0.1, -0.05) is 62.2 Å². The van der Waals surface area contributed by atoms with E-state index in [4.69, 9.17) is 27.9 Å². The molecule has 0 unspecified atom stereocenters. The zero-order chi connectivity index (χ0) is 25.2. The summed E-state index contributed by atoms with van der Waals surface area (Å²) in [7, 11) is 1.57. The Bertz CT molecular complexity index is 1630. The summed E-state index contributed by atoms with van der Waals surface area (Å²) in [6.07, 6.45) is 0. The minimum atomic E-state index is -0.483. The van der Waals surface area contributed by atoms with Crippen LogP contribution in [0.1, 0.15) is 43.3 Å². The van der Waals surface area contributed by atoms with Crippen LogP contribution in [-0.2, 0) is 15.0 Å². The van der Waals surface area contributed by atoms with Gasteiger partial charge in [0, 0.05) is 49.7 Å². The molecule has 0 radical (unpaired) electrons. The highest BCUT2D eigenvalue weighted by molar-refractivity contribution is 6.68. The molecule has 0 atom stereocenters. The number of ketones is 2. The number of hydrogen-bond acceptors (Lipinski definition) is 3. The molecule has 0 saturated carbocycles. The van der Waals surface area contributed by atoms with Crippen LogP contribution in [0.5, 0.6) is 5.75 Å². The van der Waals surface area contributed by atoms with E-state index in [9.17, 15) is 9.59 Å². The fourth-order valence-electron chi connectivity index (χ4n) is 4.81. The molecule has 4 aromatic rings. The fourth-order valence-corrected chi connectivity index (χ4v) is 5.36. The van der Waals surface area contributed by atoms with Crippen LogP contribution in [0.3, 0.4) is 0 Å². The number of carbonyl (C=O) groups is 2. The number of para-hydroxylation sites is 1. The lowest BCUT2D eigenvalue weighted by Crippen LogP contribution is -2.22. The van der Waals surface area contributed by atoms with Crippen molar-refractivity contribution < 1.29 is 14.3 Å². The Morgan fingerprint density at radius 3 is 2.03 bits per heavy atom. The third kappa shape index (κ3) is 3.53. The molecular formula is C28H24Cl2N2O3. The number of nitrogens with one attached hydrogen (secondary N) is 2. The molecule has 2 aromatic heterocycles. The summed E-state index contributed by atoms with van der Waals surface area (Å²) in [5, 5.41) is 1.26. The van der Waals surface area contributed by atoms with E-state index in [-0.39, 0.29) is 26.6 Å². The van der Waals surface area contributed by atoms with Crippen molar-refractivity contribution in [2.75, 3.05) is 7.11 Å². The second-order valence-electron chi connectivity index (χ2n) is 9.74. The van der Waals surface area contributed by atoms with Gasteiger partial charge >= 0.3 is 0 Å². The van der Waals surface area contributed by atoms with Gasteiger partial charge in [-0.2, -0.15) is 0 Å². The SMILES string of the molecule is COc1ccc2[nH]c(C)c(C3=C(Cl)C(=O)C(c4c(C(C)(C)C)[nH]c5ccccc45)=C(Cl)C3=O)c2c1. The number of aryl methyl sites for hydroxylation is 1. The minimum absolute atomic E-state index is 0.0968. The van der Waals surface area contributed by atoms with Gasteiger partial charge < -0.3 is 14.7 Å². The molecule has 1 aliphatic rings. The number of aromatic amines is 2. The van der Waals surface area contributed by atoms with Crippen molar-refractivity contribution in [3.63, 3.8) is 0 Å². The van der Waals surface area contributed by atoms with E-state index in [0.717, 1.165) is 27.5 Å². The Morgan fingerprint density at radius 1 is 0.800 bits per heavy atom. The molecule has 7 heteroatoms. The summed E-state index contributed by atoms with van der Waals surface area (Å²) >= 11 is 13.5. The van der Waals surface area contributed by atoms with Crippen molar-refractivity contribution in [1.82, 2.24) is 9.97 Å². The van der Waals surface area contributed by atoms with Gasteiger partial charge in [0.15, 0.2) is 0 Å². The summed E-state index contributed by atoms with van der Waals surface area (Å²) in [5.74, 6) is -0.332. The predicted molar refractivity (Wildman–Crippen MR) is 142 cm³/mol. The van der Waals surface area contributed by atoms with E-state index >= 15 is 0 Å². The Morgan fingerprint density at radius 2 is 1.40 bits per heavy atom. The van der Waals surface area contributed by atoms with E-state index in [2.05, 4.69) is 9.97 Å². The standard InChI is InChI=1S/C28H24Cl2N2O3/c1-13-19(16-12-14(35-5)10-11-18(16)31-13)21-23(29)26(34)22(24(30)25(21)33)20-15-8-6-7-9-17(15)32-27(20)28(2,3)4/h6-12,31-32H,1-5H3. The summed E-state index contributed by atoms with van der Waals surface area (Å²) in [6, 6.07) is 13.1. The number of fused-ring (bicyclic) bond motifs is 2. The first-order chi connectivity index (χ1) is 16.5. The third-order valence-corrected chi connectivity index (χ3v) is 7.16. The molecule has 0 saturated heterocycles. The number of hydrogen-bond donors (Lipinski definition) is 2. The van der Waals surface area contributed by atoms with Gasteiger partial charge in [0.25, 0.3) is 0 Å². The quantitative estimate of drug-likeness (QED) is 0.293. The van der Waals surface area contributed by atoms with Crippen LogP contribution in [0.15, 0.2) is 52.5 Å². The maximum atomic E-state index is 13.8. The zero-order valence-electron chi connectivity index (χ0n) is 20.0. The summed E-state index contributed by atoms with van der Waals surface area (Å²) in [5.41, 5.74) is 4.22. The number of ether oxygens (including phenoxy) is 1. The maximum Gasteiger partial charge on any atom is 0.207 e. The van der Waals surface area contributed by atoms with Crippen LogP contribution < -0.4 is 4.74 Å². The smallest absolute Gasteiger partial charge is 0.207 e. The molecule has 2 aromatic carbocycles. The average molecular weight is 507 g/mol. The Kier molecular flexibility index (Phi) is 5.46. The molecule has 0 bridgehead atoms. The number of aromatic nitrogens is 2. The second kappa shape index (κ2) is 8.14. The number of H-pyrrole nitrogens is 2. The normalized spacial score (nSPS) is 15.2. The Balaban J connectivity index is 1.77. The zero-order valence-corrected chi connectivity index (χ0v) is 21.5. The number of rotatable bonds is 3. The first-order valence-corrected chi connectivity index (χ1v) is 12.0. The van der Waals surface area contributed by atoms with Crippen molar-refractivity contribution >= 4 is 67.7 Å². The monoisotopic (exact) mass is 506 g/mol. The average Bonchev–Trinajstić information content (AvgIpc) is 3.36. The number of allylic oxidation sites excluding steroid dienone is 4. The second-order valence-corrected chi connectivity index (χ2v) is 10.5. The lowest BCUT2D eigenvalue weighted by molar-refractivity contribution is -0.113. The molecule has 178 valence electrons. The molecular weight excluding hydrogens is 483 g/mol. The topological polar surface area (TPSA) is 75.0 Å². The van der Waals surface area contributed by atoms with Crippen LogP contribution in [0.25, 0.3) is 33.0 Å². The van der Waals surface area contributed by atoms with Gasteiger partial charge in [0.05, 0.1) is 18.3 Å². The Hall–Kier alpha value is -3.28. The van der Waals surface area contributed by atoms with Crippen molar-refractivity contribution in [1.29, 1.82) is 0 Å². The molecule has 2 N–H and O–H groups in total. The third-order valence-electron chi connectivity index (χ3n) is 6.44. The molecule has 2 heterocycles. The van der Waals surface area contributed by atoms with E-state index in [1.807, 2.05) is 70.2 Å². The summed E-state index contributed by atoms with van der Waals surface area (Å²) in [4.78, 5) is 34.3. The number of benzene rings is 2. The first kappa shape index (κ1) is 23.5. The van der Waals surface area contributed by atoms with Crippen LogP contribution in [0.4, 0.5) is 0 Å². The fraction of sp³-hybridized carbons (Fsp3) is 0.214. The van der Waals surface area contributed by atoms with Crippen LogP contribution in [0, 0.1) is 6.92 Å². The summed E-state index contributed by atoms with van der Waals surface area (Å²) < 4.78 is 5.37. The molecule has 0 spiro atoms. The summed E-state index contributed by atoms with van der Waals surface area (Å²) in [6.45, 7) is 7.95. The maximum absolute atomic E-state index is 13.8. The highest BCUT2D eigenvalue weighted by Crippen LogP contribution is 2.46. The van der Waals surface area contributed by atoms with E-state index in [0.29, 0.717) is 22.6 Å². The van der Waals surface area contributed by atoms with Gasteiger partial charge in [0.1, 0.15) is 15.8 Å². The first-order valence-electron chi connectivity index (χ1n) is 11.2. The minimum Gasteiger partial charge on any atom is -0.497 e. The van der Waals surface area contributed by atoms with Gasteiger partial charge in [-0.3, -0.25) is 9.59 Å². The molecule has 5 rings (SSSR count). The number of methoxy groups -OCH3 is 1. The lowest BCUT2D eigenvalue weighted by atomic mass is 9.82. The Labute approximate surface area is 212 Å². The largest absolute Gasteiger partial charge is 0.497 e. The lowest BCUT2D eigenvalue weighted by Gasteiger charge is -2.23. The molecule has 1 aliphatic carbocycles. The van der Waals surface area contributed by atoms with Gasteiger partial charge in [0.2, 0.25) is 11.6 Å². The van der Waals surface area contributed by atoms with Crippen LogP contribution >= 0.6 is 23.2 Å². The van der Waals surface area contributed by atoms with Crippen molar-refractivity contribution in [2.45, 2.75) is 33.1 Å². The molecule has 0 amide bonds. The van der Waals surface area contributed by atoms with E-state index < -0.39 is 11.6 Å². The molecule has 35 heavy (non-hydrogen) atoms.